The number of carbonyl (C=O) groups is 1. The predicted octanol–water partition coefficient (Wildman–Crippen LogP) is 0.388. The van der Waals surface area contributed by atoms with E-state index in [-0.39, 0.29) is 12.0 Å². The minimum absolute atomic E-state index is 0.111. The van der Waals surface area contributed by atoms with E-state index in [0.29, 0.717) is 6.42 Å². The maximum absolute atomic E-state index is 11.0. The van der Waals surface area contributed by atoms with E-state index >= 15 is 0 Å². The van der Waals surface area contributed by atoms with Gasteiger partial charge < -0.3 is 5.73 Å². The molecule has 2 atom stereocenters. The first kappa shape index (κ1) is 11.9. The molecule has 0 saturated carbocycles. The van der Waals surface area contributed by atoms with E-state index in [1.54, 1.807) is 0 Å². The highest BCUT2D eigenvalue weighted by Gasteiger charge is 2.21. The summed E-state index contributed by atoms with van der Waals surface area (Å²) in [5.41, 5.74) is 5.18. The maximum atomic E-state index is 11.0. The van der Waals surface area contributed by atoms with E-state index in [1.165, 1.54) is 0 Å². The summed E-state index contributed by atoms with van der Waals surface area (Å²) in [4.78, 5) is 11.0. The lowest BCUT2D eigenvalue weighted by atomic mass is 10.0. The molecule has 4 nitrogen and oxygen atoms in total. The predicted molar refractivity (Wildman–Crippen MR) is 50.6 cm³/mol. The number of rotatable bonds is 5. The molecule has 3 N–H and O–H groups in total. The lowest BCUT2D eigenvalue weighted by Crippen LogP contribution is -2.48. The first-order valence-electron chi connectivity index (χ1n) is 4.47. The zero-order chi connectivity index (χ0) is 10.4. The normalized spacial score (nSPS) is 15.0. The lowest BCUT2D eigenvalue weighted by molar-refractivity contribution is -0.121. The molecule has 0 radical (unpaired) electrons. The minimum atomic E-state index is -0.412. The number of primary amides is 1. The minimum Gasteiger partial charge on any atom is -0.368 e. The molecule has 74 valence electrons. The highest BCUT2D eigenvalue weighted by Crippen LogP contribution is 2.03. The van der Waals surface area contributed by atoms with Gasteiger partial charge in [0.1, 0.15) is 0 Å². The van der Waals surface area contributed by atoms with E-state index < -0.39 is 11.9 Å². The van der Waals surface area contributed by atoms with Gasteiger partial charge in [0, 0.05) is 0 Å². The molecule has 13 heavy (non-hydrogen) atoms. The fraction of sp³-hybridized carbons (Fsp3) is 0.778. The van der Waals surface area contributed by atoms with Gasteiger partial charge in [-0.15, -0.1) is 0 Å². The monoisotopic (exact) mass is 183 g/mol. The van der Waals surface area contributed by atoms with Crippen molar-refractivity contribution >= 4 is 5.91 Å². The van der Waals surface area contributed by atoms with Crippen LogP contribution >= 0.6 is 0 Å². The fourth-order valence-corrected chi connectivity index (χ4v) is 1.07. The second-order valence-electron chi connectivity index (χ2n) is 3.38. The molecule has 4 heteroatoms. The molecule has 2 unspecified atom stereocenters. The van der Waals surface area contributed by atoms with Crippen LogP contribution in [0.15, 0.2) is 0 Å². The van der Waals surface area contributed by atoms with E-state index in [0.717, 1.165) is 0 Å². The van der Waals surface area contributed by atoms with Gasteiger partial charge in [0.15, 0.2) is 0 Å². The highest BCUT2D eigenvalue weighted by molar-refractivity contribution is 5.80. The van der Waals surface area contributed by atoms with Crippen molar-refractivity contribution in [3.8, 4) is 6.07 Å². The van der Waals surface area contributed by atoms with Crippen LogP contribution in [0.25, 0.3) is 0 Å². The van der Waals surface area contributed by atoms with Crippen molar-refractivity contribution in [1.29, 1.82) is 5.26 Å². The van der Waals surface area contributed by atoms with Crippen molar-refractivity contribution in [2.45, 2.75) is 39.3 Å². The van der Waals surface area contributed by atoms with E-state index in [1.807, 2.05) is 20.8 Å². The molecular weight excluding hydrogens is 166 g/mol. The van der Waals surface area contributed by atoms with Crippen LogP contribution in [0.5, 0.6) is 0 Å². The van der Waals surface area contributed by atoms with Crippen molar-refractivity contribution in [3.63, 3.8) is 0 Å². The van der Waals surface area contributed by atoms with Gasteiger partial charge in [-0.2, -0.15) is 5.26 Å². The number of nitrogens with zero attached hydrogens (tertiary/aromatic N) is 1. The molecule has 0 rings (SSSR count). The molecule has 0 aliphatic heterocycles. The summed E-state index contributed by atoms with van der Waals surface area (Å²) in [6.07, 6.45) is 0.674. The number of nitrogens with one attached hydrogen (secondary N) is 1. The molecule has 0 aliphatic carbocycles. The number of carbonyl (C=O) groups excluding carboxylic acids is 1. The third-order valence-corrected chi connectivity index (χ3v) is 1.92. The summed E-state index contributed by atoms with van der Waals surface area (Å²) in [7, 11) is 0. The second kappa shape index (κ2) is 5.55. The first-order chi connectivity index (χ1) is 6.02. The Morgan fingerprint density at radius 1 is 1.62 bits per heavy atom. The Labute approximate surface area is 79.1 Å². The van der Waals surface area contributed by atoms with Crippen LogP contribution in [0.3, 0.4) is 0 Å². The molecule has 0 bridgehead atoms. The molecule has 0 aromatic heterocycles. The van der Waals surface area contributed by atoms with Gasteiger partial charge in [-0.1, -0.05) is 20.8 Å². The summed E-state index contributed by atoms with van der Waals surface area (Å²) in [6.45, 7) is 5.68. The molecule has 0 aromatic carbocycles. The lowest BCUT2D eigenvalue weighted by Gasteiger charge is -2.21. The standard InChI is InChI=1S/C9H17N3O/c1-4-7(5-10)12-8(6(2)3)9(11)13/h6-8,12H,4H2,1-3H3,(H2,11,13). The molecule has 0 heterocycles. The van der Waals surface area contributed by atoms with E-state index in [9.17, 15) is 4.79 Å². The molecule has 1 amide bonds. The quantitative estimate of drug-likeness (QED) is 0.647. The number of nitriles is 1. The van der Waals surface area contributed by atoms with Crippen LogP contribution < -0.4 is 11.1 Å². The highest BCUT2D eigenvalue weighted by atomic mass is 16.1. The third kappa shape index (κ3) is 3.90. The largest absolute Gasteiger partial charge is 0.368 e. The van der Waals surface area contributed by atoms with Crippen LogP contribution in [0.1, 0.15) is 27.2 Å². The second-order valence-corrected chi connectivity index (χ2v) is 3.38. The average molecular weight is 183 g/mol. The summed E-state index contributed by atoms with van der Waals surface area (Å²) < 4.78 is 0. The maximum Gasteiger partial charge on any atom is 0.234 e. The summed E-state index contributed by atoms with van der Waals surface area (Å²) in [5, 5.41) is 11.6. The Morgan fingerprint density at radius 3 is 2.38 bits per heavy atom. The van der Waals surface area contributed by atoms with Gasteiger partial charge in [-0.25, -0.2) is 0 Å². The molecule has 0 aromatic rings. The Kier molecular flexibility index (Phi) is 5.09. The SMILES string of the molecule is CCC(C#N)NC(C(N)=O)C(C)C. The summed E-state index contributed by atoms with van der Waals surface area (Å²) in [5.74, 6) is -0.288. The van der Waals surface area contributed by atoms with Gasteiger partial charge >= 0.3 is 0 Å². The Hall–Kier alpha value is -1.08. The zero-order valence-electron chi connectivity index (χ0n) is 8.37. The Balaban J connectivity index is 4.26. The van der Waals surface area contributed by atoms with Gasteiger partial charge in [-0.3, -0.25) is 10.1 Å². The van der Waals surface area contributed by atoms with Gasteiger partial charge in [0.25, 0.3) is 0 Å². The number of amides is 1. The molecule has 0 spiro atoms. The fourth-order valence-electron chi connectivity index (χ4n) is 1.07. The van der Waals surface area contributed by atoms with E-state index in [2.05, 4.69) is 11.4 Å². The van der Waals surface area contributed by atoms with Gasteiger partial charge in [-0.05, 0) is 12.3 Å². The van der Waals surface area contributed by atoms with E-state index in [4.69, 9.17) is 11.0 Å². The number of nitrogens with two attached hydrogens (primary N) is 1. The van der Waals surface area contributed by atoms with Crippen LogP contribution in [-0.2, 0) is 4.79 Å². The Bertz CT molecular complexity index is 207. The third-order valence-electron chi connectivity index (χ3n) is 1.92. The van der Waals surface area contributed by atoms with Crippen LogP contribution in [0.2, 0.25) is 0 Å². The summed E-state index contributed by atoms with van der Waals surface area (Å²) in [6, 6.07) is 1.37. The average Bonchev–Trinajstić information content (AvgIpc) is 2.05. The van der Waals surface area contributed by atoms with Crippen molar-refractivity contribution in [2.24, 2.45) is 11.7 Å². The van der Waals surface area contributed by atoms with Crippen molar-refractivity contribution in [2.75, 3.05) is 0 Å². The van der Waals surface area contributed by atoms with Gasteiger partial charge in [0.05, 0.1) is 18.2 Å². The van der Waals surface area contributed by atoms with Gasteiger partial charge in [0.2, 0.25) is 5.91 Å². The van der Waals surface area contributed by atoms with Crippen molar-refractivity contribution < 1.29 is 4.79 Å². The first-order valence-corrected chi connectivity index (χ1v) is 4.47. The molecule has 0 saturated heterocycles. The van der Waals surface area contributed by atoms with Crippen LogP contribution in [0, 0.1) is 17.2 Å². The van der Waals surface area contributed by atoms with Crippen LogP contribution in [0.4, 0.5) is 0 Å². The Morgan fingerprint density at radius 2 is 2.15 bits per heavy atom. The van der Waals surface area contributed by atoms with Crippen molar-refractivity contribution in [1.82, 2.24) is 5.32 Å². The summed E-state index contributed by atoms with van der Waals surface area (Å²) >= 11 is 0. The number of hydrogen-bond donors (Lipinski definition) is 2. The molecule has 0 fully saturated rings. The zero-order valence-corrected chi connectivity index (χ0v) is 8.37. The smallest absolute Gasteiger partial charge is 0.234 e. The topological polar surface area (TPSA) is 78.9 Å². The number of hydrogen-bond acceptors (Lipinski definition) is 3. The molecule has 0 aliphatic rings. The van der Waals surface area contributed by atoms with Crippen molar-refractivity contribution in [3.05, 3.63) is 0 Å². The molecular formula is C9H17N3O. The van der Waals surface area contributed by atoms with Crippen LogP contribution in [-0.4, -0.2) is 18.0 Å².